The van der Waals surface area contributed by atoms with Gasteiger partial charge in [-0.25, -0.2) is 8.78 Å². The molecule has 2 fully saturated rings. The van der Waals surface area contributed by atoms with Crippen LogP contribution in [0.2, 0.25) is 0 Å². The van der Waals surface area contributed by atoms with Crippen LogP contribution in [0.1, 0.15) is 64.3 Å². The Balaban J connectivity index is 1.45. The van der Waals surface area contributed by atoms with E-state index in [-0.39, 0.29) is 71.5 Å². The molecular weight excluding hydrogens is 584 g/mol. The number of aromatic nitrogens is 4. The van der Waals surface area contributed by atoms with Gasteiger partial charge in [-0.3, -0.25) is 9.69 Å². The van der Waals surface area contributed by atoms with Gasteiger partial charge < -0.3 is 18.9 Å². The Kier molecular flexibility index (Phi) is 9.43. The summed E-state index contributed by atoms with van der Waals surface area (Å²) in [6.45, 7) is 10.1. The minimum Gasteiger partial charge on any atom is -0.474 e. The highest BCUT2D eigenvalue weighted by Gasteiger charge is 2.36. The van der Waals surface area contributed by atoms with Crippen LogP contribution in [0.5, 0.6) is 11.8 Å². The van der Waals surface area contributed by atoms with Gasteiger partial charge in [0.05, 0.1) is 24.0 Å². The zero-order valence-corrected chi connectivity index (χ0v) is 25.9. The molecule has 13 heteroatoms. The molecule has 0 N–H and O–H groups in total. The summed E-state index contributed by atoms with van der Waals surface area (Å²) in [5.41, 5.74) is -1.51. The molecule has 238 valence electrons. The summed E-state index contributed by atoms with van der Waals surface area (Å²) >= 11 is 0. The highest BCUT2D eigenvalue weighted by molar-refractivity contribution is 5.87. The molecule has 3 aromatic rings. The Morgan fingerprint density at radius 2 is 1.93 bits per heavy atom. The molecule has 2 aliphatic rings. The van der Waals surface area contributed by atoms with E-state index in [0.717, 1.165) is 19.4 Å². The number of likely N-dealkylation sites (N-methyl/N-ethyl adjacent to an activating group) is 1. The molecule has 5 rings (SSSR count). The molecule has 11 nitrogen and oxygen atoms in total. The highest BCUT2D eigenvalue weighted by atomic mass is 19.1. The number of amides is 1. The molecule has 4 heterocycles. The van der Waals surface area contributed by atoms with Gasteiger partial charge in [0.15, 0.2) is 0 Å². The minimum absolute atomic E-state index is 0.00971. The molecule has 1 aromatic carbocycles. The van der Waals surface area contributed by atoms with Crippen molar-refractivity contribution in [3.05, 3.63) is 60.0 Å². The normalized spacial score (nSPS) is 21.3. The maximum atomic E-state index is 14.7. The van der Waals surface area contributed by atoms with Crippen molar-refractivity contribution in [1.82, 2.24) is 29.9 Å². The van der Waals surface area contributed by atoms with Crippen molar-refractivity contribution in [3.63, 3.8) is 0 Å². The number of hydrogen-bond donors (Lipinski definition) is 0. The molecule has 0 spiro atoms. The molecule has 0 aliphatic carbocycles. The SMILES string of the molecule is C=CC(=O)N1CC[C@H](Oc2cc(O[C@@H](C)[C@@H]3CCCN3C)nc(-c3noc(C(C)(C)c4c(F)cccc4F)n3)n2)C[C@H]1CC#N. The largest absolute Gasteiger partial charge is 0.474 e. The molecule has 4 atom stereocenters. The number of carbonyl (C=O) groups is 1. The fraction of sp³-hybridized carbons (Fsp3) is 0.500. The Bertz CT molecular complexity index is 1570. The fourth-order valence-corrected chi connectivity index (χ4v) is 6.19. The Labute approximate surface area is 260 Å². The third-order valence-electron chi connectivity index (χ3n) is 8.59. The number of nitriles is 1. The average Bonchev–Trinajstić information content (AvgIpc) is 3.67. The van der Waals surface area contributed by atoms with Crippen molar-refractivity contribution in [3.8, 4) is 29.5 Å². The van der Waals surface area contributed by atoms with Gasteiger partial charge in [0.1, 0.15) is 23.8 Å². The molecule has 0 radical (unpaired) electrons. The minimum atomic E-state index is -1.30. The third-order valence-corrected chi connectivity index (χ3v) is 8.59. The van der Waals surface area contributed by atoms with E-state index in [1.165, 1.54) is 24.3 Å². The molecule has 45 heavy (non-hydrogen) atoms. The van der Waals surface area contributed by atoms with Crippen molar-refractivity contribution in [2.24, 2.45) is 0 Å². The van der Waals surface area contributed by atoms with E-state index in [1.54, 1.807) is 24.8 Å². The number of benzene rings is 1. The van der Waals surface area contributed by atoms with E-state index in [9.17, 15) is 18.8 Å². The van der Waals surface area contributed by atoms with Gasteiger partial charge in [-0.15, -0.1) is 0 Å². The molecular formula is C32H37F2N7O4. The van der Waals surface area contributed by atoms with Crippen LogP contribution in [0, 0.1) is 23.0 Å². The number of piperidine rings is 1. The van der Waals surface area contributed by atoms with Gasteiger partial charge in [0, 0.05) is 37.0 Å². The molecule has 0 bridgehead atoms. The molecule has 0 unspecified atom stereocenters. The first kappa shape index (κ1) is 32.0. The summed E-state index contributed by atoms with van der Waals surface area (Å²) in [5.74, 6) is -1.26. The van der Waals surface area contributed by atoms with E-state index in [2.05, 4.69) is 44.7 Å². The predicted molar refractivity (Wildman–Crippen MR) is 159 cm³/mol. The summed E-state index contributed by atoms with van der Waals surface area (Å²) in [5, 5.41) is 13.4. The number of nitrogens with zero attached hydrogens (tertiary/aromatic N) is 7. The monoisotopic (exact) mass is 621 g/mol. The van der Waals surface area contributed by atoms with Crippen molar-refractivity contribution in [1.29, 1.82) is 5.26 Å². The molecule has 1 amide bonds. The zero-order chi connectivity index (χ0) is 32.3. The standard InChI is InChI=1S/C32H37F2N7O4/c1-6-27(42)41-16-13-21(17-20(41)12-14-35)44-26-18-25(43-19(2)24-11-8-15-40(24)5)36-29(37-26)30-38-31(45-39-30)32(3,4)28-22(33)9-7-10-23(28)34/h6-7,9-10,18-21,24H,1,8,11-13,15-17H2,2-5H3/t19-,20+,21-,24-/m0/s1. The van der Waals surface area contributed by atoms with Crippen LogP contribution in [-0.4, -0.2) is 80.2 Å². The van der Waals surface area contributed by atoms with Crippen LogP contribution in [0.4, 0.5) is 8.78 Å². The van der Waals surface area contributed by atoms with E-state index in [4.69, 9.17) is 14.0 Å². The van der Waals surface area contributed by atoms with Crippen molar-refractivity contribution in [2.45, 2.75) is 82.6 Å². The van der Waals surface area contributed by atoms with E-state index >= 15 is 0 Å². The second-order valence-electron chi connectivity index (χ2n) is 12.0. The number of carbonyl (C=O) groups excluding carboxylic acids is 1. The smallest absolute Gasteiger partial charge is 0.246 e. The van der Waals surface area contributed by atoms with Gasteiger partial charge in [0.2, 0.25) is 35.2 Å². The number of ether oxygens (including phenoxy) is 2. The summed E-state index contributed by atoms with van der Waals surface area (Å²) < 4.78 is 47.5. The molecule has 2 saturated heterocycles. The Morgan fingerprint density at radius 1 is 1.20 bits per heavy atom. The highest BCUT2D eigenvalue weighted by Crippen LogP contribution is 2.35. The molecule has 0 saturated carbocycles. The topological polar surface area (TPSA) is 130 Å². The zero-order valence-electron chi connectivity index (χ0n) is 25.9. The quantitative estimate of drug-likeness (QED) is 0.290. The van der Waals surface area contributed by atoms with Gasteiger partial charge in [0.25, 0.3) is 0 Å². The van der Waals surface area contributed by atoms with Crippen LogP contribution in [0.3, 0.4) is 0 Å². The summed E-state index contributed by atoms with van der Waals surface area (Å²) in [7, 11) is 2.06. The fourth-order valence-electron chi connectivity index (χ4n) is 6.19. The van der Waals surface area contributed by atoms with Gasteiger partial charge in [-0.1, -0.05) is 17.8 Å². The lowest BCUT2D eigenvalue weighted by Gasteiger charge is -2.37. The number of rotatable bonds is 10. The first-order valence-electron chi connectivity index (χ1n) is 15.0. The number of likely N-dealkylation sites (tertiary alicyclic amines) is 2. The van der Waals surface area contributed by atoms with Gasteiger partial charge in [-0.2, -0.15) is 20.2 Å². The van der Waals surface area contributed by atoms with Gasteiger partial charge >= 0.3 is 0 Å². The van der Waals surface area contributed by atoms with Crippen molar-refractivity contribution in [2.75, 3.05) is 20.1 Å². The van der Waals surface area contributed by atoms with Gasteiger partial charge in [-0.05, 0) is 65.4 Å². The first-order valence-corrected chi connectivity index (χ1v) is 15.0. The lowest BCUT2D eigenvalue weighted by atomic mass is 9.83. The average molecular weight is 622 g/mol. The van der Waals surface area contributed by atoms with Crippen LogP contribution >= 0.6 is 0 Å². The van der Waals surface area contributed by atoms with Crippen LogP contribution in [0.25, 0.3) is 11.6 Å². The molecule has 2 aliphatic heterocycles. The lowest BCUT2D eigenvalue weighted by molar-refractivity contribution is -0.130. The lowest BCUT2D eigenvalue weighted by Crippen LogP contribution is -2.48. The van der Waals surface area contributed by atoms with E-state index in [0.29, 0.717) is 19.4 Å². The maximum absolute atomic E-state index is 14.7. The van der Waals surface area contributed by atoms with Crippen LogP contribution < -0.4 is 9.47 Å². The second kappa shape index (κ2) is 13.3. The van der Waals surface area contributed by atoms with Crippen LogP contribution in [-0.2, 0) is 10.2 Å². The summed E-state index contributed by atoms with van der Waals surface area (Å²) in [6, 6.07) is 7.23. The summed E-state index contributed by atoms with van der Waals surface area (Å²) in [6.07, 6.45) is 3.82. The van der Waals surface area contributed by atoms with E-state index in [1.807, 2.05) is 6.92 Å². The summed E-state index contributed by atoms with van der Waals surface area (Å²) in [4.78, 5) is 29.8. The molecule has 2 aromatic heterocycles. The Morgan fingerprint density at radius 3 is 2.60 bits per heavy atom. The number of halogens is 2. The first-order chi connectivity index (χ1) is 21.5. The second-order valence-corrected chi connectivity index (χ2v) is 12.0. The maximum Gasteiger partial charge on any atom is 0.246 e. The third kappa shape index (κ3) is 6.81. The number of hydrogen-bond acceptors (Lipinski definition) is 10. The Hall–Kier alpha value is -4.44. The predicted octanol–water partition coefficient (Wildman–Crippen LogP) is 4.83. The van der Waals surface area contributed by atoms with E-state index < -0.39 is 17.0 Å². The van der Waals surface area contributed by atoms with Crippen molar-refractivity contribution < 1.29 is 27.6 Å². The van der Waals surface area contributed by atoms with Crippen molar-refractivity contribution >= 4 is 5.91 Å². The van der Waals surface area contributed by atoms with Crippen LogP contribution in [0.15, 0.2) is 41.4 Å².